The van der Waals surface area contributed by atoms with Gasteiger partial charge in [-0.05, 0) is 45.3 Å². The van der Waals surface area contributed by atoms with Crippen molar-refractivity contribution >= 4 is 40.4 Å². The molecule has 0 fully saturated rings. The lowest BCUT2D eigenvalue weighted by atomic mass is 10.1. The van der Waals surface area contributed by atoms with Crippen LogP contribution in [0.5, 0.6) is 0 Å². The van der Waals surface area contributed by atoms with Gasteiger partial charge in [-0.1, -0.05) is 11.6 Å². The number of benzene rings is 1. The number of rotatable bonds is 4. The van der Waals surface area contributed by atoms with Crippen LogP contribution in [0.2, 0.25) is 5.02 Å². The van der Waals surface area contributed by atoms with Gasteiger partial charge in [0.15, 0.2) is 11.5 Å². The van der Waals surface area contributed by atoms with Crippen LogP contribution in [-0.4, -0.2) is 68.2 Å². The summed E-state index contributed by atoms with van der Waals surface area (Å²) < 4.78 is 0. The lowest BCUT2D eigenvalue weighted by molar-refractivity contribution is -0.124. The summed E-state index contributed by atoms with van der Waals surface area (Å²) in [7, 11) is 5.94. The number of amidine groups is 1. The fourth-order valence-electron chi connectivity index (χ4n) is 2.74. The van der Waals surface area contributed by atoms with E-state index in [-0.39, 0.29) is 5.91 Å². The van der Waals surface area contributed by atoms with Crippen molar-refractivity contribution in [3.8, 4) is 0 Å². The highest BCUT2D eigenvalue weighted by atomic mass is 35.5. The molecule has 7 heteroatoms. The summed E-state index contributed by atoms with van der Waals surface area (Å²) >= 11 is 6.06. The highest BCUT2D eigenvalue weighted by Crippen LogP contribution is 2.35. The smallest absolute Gasteiger partial charge is 0.277 e. The summed E-state index contributed by atoms with van der Waals surface area (Å²) in [5.74, 6) is 0.565. The number of hydrogen-bond acceptors (Lipinski definition) is 5. The summed E-state index contributed by atoms with van der Waals surface area (Å²) in [5.41, 5.74) is 2.03. The fourth-order valence-corrected chi connectivity index (χ4v) is 2.91. The van der Waals surface area contributed by atoms with Crippen molar-refractivity contribution in [2.24, 2.45) is 9.98 Å². The number of hydrogen-bond donors (Lipinski definition) is 0. The minimum atomic E-state index is -0.0544. The Hall–Kier alpha value is -1.92. The van der Waals surface area contributed by atoms with Crippen molar-refractivity contribution < 1.29 is 4.79 Å². The first-order valence-corrected chi connectivity index (χ1v) is 7.96. The van der Waals surface area contributed by atoms with Gasteiger partial charge in [-0.3, -0.25) is 4.79 Å². The molecule has 0 spiro atoms. The number of amides is 1. The number of anilines is 1. The monoisotopic (exact) mass is 333 g/mol. The van der Waals surface area contributed by atoms with E-state index in [0.717, 1.165) is 24.3 Å². The Balaban J connectivity index is 1.86. The van der Waals surface area contributed by atoms with Gasteiger partial charge < -0.3 is 14.7 Å². The SMILES string of the molecule is CN(C)CCCN1CN=C2C(=Nc3ccc(Cl)cc3N2C)C1=O. The molecule has 2 aliphatic rings. The van der Waals surface area contributed by atoms with E-state index in [1.807, 2.05) is 38.2 Å². The van der Waals surface area contributed by atoms with Gasteiger partial charge in [-0.25, -0.2) is 9.98 Å². The Morgan fingerprint density at radius 2 is 2.13 bits per heavy atom. The zero-order valence-corrected chi connectivity index (χ0v) is 14.3. The molecule has 0 saturated carbocycles. The predicted octanol–water partition coefficient (Wildman–Crippen LogP) is 2.01. The van der Waals surface area contributed by atoms with Crippen molar-refractivity contribution in [1.29, 1.82) is 0 Å². The van der Waals surface area contributed by atoms with E-state index in [0.29, 0.717) is 29.8 Å². The number of halogens is 1. The van der Waals surface area contributed by atoms with E-state index in [1.54, 1.807) is 11.0 Å². The van der Waals surface area contributed by atoms with Crippen molar-refractivity contribution in [1.82, 2.24) is 9.80 Å². The normalized spacial score (nSPS) is 17.0. The van der Waals surface area contributed by atoms with Gasteiger partial charge in [0.2, 0.25) is 0 Å². The number of carbonyl (C=O) groups is 1. The van der Waals surface area contributed by atoms with Gasteiger partial charge in [0, 0.05) is 18.6 Å². The van der Waals surface area contributed by atoms with Gasteiger partial charge >= 0.3 is 0 Å². The van der Waals surface area contributed by atoms with Gasteiger partial charge in [-0.2, -0.15) is 0 Å². The van der Waals surface area contributed by atoms with Crippen LogP contribution < -0.4 is 4.90 Å². The van der Waals surface area contributed by atoms with Crippen LogP contribution >= 0.6 is 11.6 Å². The molecule has 0 bridgehead atoms. The van der Waals surface area contributed by atoms with E-state index in [2.05, 4.69) is 14.9 Å². The van der Waals surface area contributed by atoms with Crippen molar-refractivity contribution in [2.45, 2.75) is 6.42 Å². The molecule has 1 amide bonds. The maximum atomic E-state index is 12.7. The van der Waals surface area contributed by atoms with Crippen molar-refractivity contribution in [2.75, 3.05) is 45.8 Å². The lowest BCUT2D eigenvalue weighted by Crippen LogP contribution is -2.51. The maximum absolute atomic E-state index is 12.7. The Kier molecular flexibility index (Phi) is 4.37. The highest BCUT2D eigenvalue weighted by Gasteiger charge is 2.34. The lowest BCUT2D eigenvalue weighted by Gasteiger charge is -2.34. The highest BCUT2D eigenvalue weighted by molar-refractivity contribution is 6.70. The number of carbonyl (C=O) groups excluding carboxylic acids is 1. The Morgan fingerprint density at radius 3 is 2.87 bits per heavy atom. The molecular weight excluding hydrogens is 314 g/mol. The molecule has 23 heavy (non-hydrogen) atoms. The first-order chi connectivity index (χ1) is 11.0. The minimum Gasteiger partial charge on any atom is -0.326 e. The van der Waals surface area contributed by atoms with Crippen molar-refractivity contribution in [3.63, 3.8) is 0 Å². The third-order valence-corrected chi connectivity index (χ3v) is 4.21. The Bertz CT molecular complexity index is 698. The minimum absolute atomic E-state index is 0.0544. The van der Waals surface area contributed by atoms with Crippen molar-refractivity contribution in [3.05, 3.63) is 23.2 Å². The van der Waals surface area contributed by atoms with Crippen LogP contribution in [0, 0.1) is 0 Å². The largest absolute Gasteiger partial charge is 0.326 e. The molecule has 0 saturated heterocycles. The quantitative estimate of drug-likeness (QED) is 0.847. The van der Waals surface area contributed by atoms with Crippen LogP contribution in [0.3, 0.4) is 0 Å². The van der Waals surface area contributed by atoms with Gasteiger partial charge in [0.05, 0.1) is 11.4 Å². The number of fused-ring (bicyclic) bond motifs is 2. The summed E-state index contributed by atoms with van der Waals surface area (Å²) in [6.45, 7) is 2.00. The second-order valence-corrected chi connectivity index (χ2v) is 6.44. The second kappa shape index (κ2) is 6.29. The Morgan fingerprint density at radius 1 is 1.35 bits per heavy atom. The van der Waals surface area contributed by atoms with Crippen LogP contribution in [0.15, 0.2) is 28.2 Å². The molecule has 1 aromatic rings. The first-order valence-electron chi connectivity index (χ1n) is 7.58. The summed E-state index contributed by atoms with van der Waals surface area (Å²) in [5, 5.41) is 0.641. The molecule has 0 N–H and O–H groups in total. The second-order valence-electron chi connectivity index (χ2n) is 6.00. The van der Waals surface area contributed by atoms with Crippen LogP contribution in [-0.2, 0) is 4.79 Å². The topological polar surface area (TPSA) is 51.5 Å². The number of aliphatic imine (C=N–C) groups is 2. The first kappa shape index (κ1) is 16.0. The van der Waals surface area contributed by atoms with E-state index in [4.69, 9.17) is 11.6 Å². The molecule has 0 radical (unpaired) electrons. The zero-order valence-electron chi connectivity index (χ0n) is 13.6. The molecule has 6 nitrogen and oxygen atoms in total. The average Bonchev–Trinajstić information content (AvgIpc) is 2.51. The molecule has 0 aliphatic carbocycles. The third kappa shape index (κ3) is 3.09. The summed E-state index contributed by atoms with van der Waals surface area (Å²) in [6, 6.07) is 5.45. The van der Waals surface area contributed by atoms with Gasteiger partial charge in [0.1, 0.15) is 6.67 Å². The zero-order chi connectivity index (χ0) is 16.6. The standard InChI is InChI=1S/C16H20ClN5O/c1-20(2)7-4-8-22-10-18-15-14(16(22)23)19-12-6-5-11(17)9-13(12)21(15)3/h5-6,9H,4,7-8,10H2,1-3H3. The molecule has 0 unspecified atom stereocenters. The van der Waals surface area contributed by atoms with Crippen LogP contribution in [0.1, 0.15) is 6.42 Å². The molecule has 3 rings (SSSR count). The molecule has 2 aliphatic heterocycles. The molecule has 2 heterocycles. The molecule has 1 aromatic carbocycles. The maximum Gasteiger partial charge on any atom is 0.277 e. The Labute approximate surface area is 141 Å². The van der Waals surface area contributed by atoms with Gasteiger partial charge in [0.25, 0.3) is 5.91 Å². The molecule has 0 aromatic heterocycles. The van der Waals surface area contributed by atoms with Crippen LogP contribution in [0.25, 0.3) is 0 Å². The molecular formula is C16H20ClN5O. The van der Waals surface area contributed by atoms with Gasteiger partial charge in [-0.15, -0.1) is 0 Å². The van der Waals surface area contributed by atoms with E-state index >= 15 is 0 Å². The molecule has 122 valence electrons. The molecule has 0 atom stereocenters. The average molecular weight is 334 g/mol. The van der Waals surface area contributed by atoms with E-state index in [9.17, 15) is 4.79 Å². The third-order valence-electron chi connectivity index (χ3n) is 3.97. The summed E-state index contributed by atoms with van der Waals surface area (Å²) in [6.07, 6.45) is 0.916. The van der Waals surface area contributed by atoms with E-state index in [1.165, 1.54) is 0 Å². The number of nitrogens with zero attached hydrogens (tertiary/aromatic N) is 5. The van der Waals surface area contributed by atoms with E-state index < -0.39 is 0 Å². The summed E-state index contributed by atoms with van der Waals surface area (Å²) in [4.78, 5) is 27.5. The van der Waals surface area contributed by atoms with Crippen LogP contribution in [0.4, 0.5) is 11.4 Å². The fraction of sp³-hybridized carbons (Fsp3) is 0.438. The predicted molar refractivity (Wildman–Crippen MR) is 94.1 cm³/mol.